The van der Waals surface area contributed by atoms with E-state index in [-0.39, 0.29) is 10.8 Å². The van der Waals surface area contributed by atoms with E-state index < -0.39 is 10.0 Å². The van der Waals surface area contributed by atoms with E-state index in [2.05, 4.69) is 0 Å². The van der Waals surface area contributed by atoms with Crippen molar-refractivity contribution in [3.63, 3.8) is 0 Å². The molecule has 1 aliphatic rings. The third-order valence-electron chi connectivity index (χ3n) is 4.92. The van der Waals surface area contributed by atoms with Gasteiger partial charge in [0.05, 0.1) is 4.90 Å². The Morgan fingerprint density at radius 3 is 2.37 bits per heavy atom. The van der Waals surface area contributed by atoms with Crippen molar-refractivity contribution in [2.75, 3.05) is 19.6 Å². The highest BCUT2D eigenvalue weighted by molar-refractivity contribution is 7.89. The van der Waals surface area contributed by atoms with E-state index in [9.17, 15) is 13.2 Å². The molecule has 2 aromatic rings. The minimum absolute atomic E-state index is 0.0853. The van der Waals surface area contributed by atoms with Crippen LogP contribution in [-0.4, -0.2) is 43.2 Å². The highest BCUT2D eigenvalue weighted by atomic mass is 32.2. The molecule has 0 radical (unpaired) electrons. The van der Waals surface area contributed by atoms with Crippen LogP contribution in [0.25, 0.3) is 0 Å². The molecule has 1 heterocycles. The lowest BCUT2D eigenvalue weighted by Crippen LogP contribution is -2.36. The van der Waals surface area contributed by atoms with Crippen molar-refractivity contribution in [2.24, 2.45) is 0 Å². The summed E-state index contributed by atoms with van der Waals surface area (Å²) in [4.78, 5) is 14.7. The van der Waals surface area contributed by atoms with E-state index in [1.165, 1.54) is 10.4 Å². The van der Waals surface area contributed by atoms with Gasteiger partial charge in [-0.05, 0) is 43.0 Å². The Kier molecular flexibility index (Phi) is 6.29. The summed E-state index contributed by atoms with van der Waals surface area (Å²) in [6.07, 6.45) is 3.15. The molecule has 0 aromatic heterocycles. The van der Waals surface area contributed by atoms with Crippen LogP contribution in [0.4, 0.5) is 0 Å². The van der Waals surface area contributed by atoms with Crippen LogP contribution in [0.1, 0.15) is 42.1 Å². The normalized spacial score (nSPS) is 15.1. The summed E-state index contributed by atoms with van der Waals surface area (Å²) in [6.45, 7) is 3.98. The fourth-order valence-electron chi connectivity index (χ4n) is 3.37. The minimum Gasteiger partial charge on any atom is -0.339 e. The van der Waals surface area contributed by atoms with Gasteiger partial charge in [-0.25, -0.2) is 8.42 Å². The number of nitrogens with zero attached hydrogens (tertiary/aromatic N) is 2. The monoisotopic (exact) mass is 386 g/mol. The number of piperidine rings is 1. The summed E-state index contributed by atoms with van der Waals surface area (Å²) in [7, 11) is -3.67. The van der Waals surface area contributed by atoms with E-state index in [0.717, 1.165) is 37.9 Å². The number of carbonyl (C=O) groups is 1. The van der Waals surface area contributed by atoms with E-state index in [1.54, 1.807) is 18.2 Å². The minimum atomic E-state index is -3.67. The average molecular weight is 387 g/mol. The first-order valence-corrected chi connectivity index (χ1v) is 10.9. The second-order valence-corrected chi connectivity index (χ2v) is 8.74. The molecule has 0 unspecified atom stereocenters. The van der Waals surface area contributed by atoms with Crippen molar-refractivity contribution in [2.45, 2.75) is 37.6 Å². The first-order valence-electron chi connectivity index (χ1n) is 9.46. The summed E-state index contributed by atoms with van der Waals surface area (Å²) in [5.74, 6) is -0.0853. The van der Waals surface area contributed by atoms with Crippen LogP contribution >= 0.6 is 0 Å². The summed E-state index contributed by atoms with van der Waals surface area (Å²) < 4.78 is 27.7. The smallest absolute Gasteiger partial charge is 0.253 e. The molecular formula is C21H26N2O3S. The van der Waals surface area contributed by atoms with E-state index in [4.69, 9.17) is 0 Å². The van der Waals surface area contributed by atoms with E-state index >= 15 is 0 Å². The molecule has 1 amide bonds. The second kappa shape index (κ2) is 8.67. The van der Waals surface area contributed by atoms with Crippen LogP contribution in [0, 0.1) is 0 Å². The van der Waals surface area contributed by atoms with Gasteiger partial charge in [0.1, 0.15) is 0 Å². The van der Waals surface area contributed by atoms with Crippen LogP contribution in [0.3, 0.4) is 0 Å². The molecule has 0 aliphatic carbocycles. The first-order chi connectivity index (χ1) is 13.0. The SMILES string of the molecule is CCN(Cc1ccccc1)S(=O)(=O)c1cccc(C(=O)N2CCCCC2)c1. The molecule has 0 spiro atoms. The van der Waals surface area contributed by atoms with Crippen molar-refractivity contribution in [3.8, 4) is 0 Å². The fraction of sp³-hybridized carbons (Fsp3) is 0.381. The zero-order chi connectivity index (χ0) is 19.3. The van der Waals surface area contributed by atoms with Crippen molar-refractivity contribution in [3.05, 3.63) is 65.7 Å². The van der Waals surface area contributed by atoms with E-state index in [0.29, 0.717) is 18.7 Å². The maximum absolute atomic E-state index is 13.1. The van der Waals surface area contributed by atoms with E-state index in [1.807, 2.05) is 42.2 Å². The zero-order valence-corrected chi connectivity index (χ0v) is 16.5. The maximum Gasteiger partial charge on any atom is 0.253 e. The molecule has 2 aromatic carbocycles. The van der Waals surface area contributed by atoms with Gasteiger partial charge in [0.15, 0.2) is 0 Å². The third kappa shape index (κ3) is 4.57. The highest BCUT2D eigenvalue weighted by Gasteiger charge is 2.25. The van der Waals surface area contributed by atoms with Crippen molar-refractivity contribution >= 4 is 15.9 Å². The number of carbonyl (C=O) groups excluding carboxylic acids is 1. The number of rotatable bonds is 6. The lowest BCUT2D eigenvalue weighted by atomic mass is 10.1. The maximum atomic E-state index is 13.1. The Bertz CT molecular complexity index is 875. The molecule has 1 fully saturated rings. The van der Waals surface area contributed by atoms with Gasteiger partial charge in [0.2, 0.25) is 10.0 Å². The van der Waals surface area contributed by atoms with Crippen LogP contribution in [-0.2, 0) is 16.6 Å². The Hall–Kier alpha value is -2.18. The zero-order valence-electron chi connectivity index (χ0n) is 15.7. The van der Waals surface area contributed by atoms with Crippen LogP contribution in [0.2, 0.25) is 0 Å². The van der Waals surface area contributed by atoms with Crippen molar-refractivity contribution in [1.29, 1.82) is 0 Å². The Labute approximate surface area is 161 Å². The molecule has 27 heavy (non-hydrogen) atoms. The van der Waals surface area contributed by atoms with Crippen LogP contribution < -0.4 is 0 Å². The summed E-state index contributed by atoms with van der Waals surface area (Å²) in [6, 6.07) is 16.0. The van der Waals surface area contributed by atoms with Gasteiger partial charge in [-0.1, -0.05) is 43.3 Å². The average Bonchev–Trinajstić information content (AvgIpc) is 2.73. The number of sulfonamides is 1. The van der Waals surface area contributed by atoms with Gasteiger partial charge < -0.3 is 4.90 Å². The summed E-state index contributed by atoms with van der Waals surface area (Å²) in [5.41, 5.74) is 1.37. The molecule has 3 rings (SSSR count). The molecule has 0 saturated carbocycles. The molecule has 0 N–H and O–H groups in total. The highest BCUT2D eigenvalue weighted by Crippen LogP contribution is 2.21. The number of hydrogen-bond acceptors (Lipinski definition) is 3. The lowest BCUT2D eigenvalue weighted by Gasteiger charge is -2.27. The lowest BCUT2D eigenvalue weighted by molar-refractivity contribution is 0.0724. The topological polar surface area (TPSA) is 57.7 Å². The predicted octanol–water partition coefficient (Wildman–Crippen LogP) is 3.52. The van der Waals surface area contributed by atoms with Gasteiger partial charge in [-0.3, -0.25) is 4.79 Å². The number of benzene rings is 2. The van der Waals surface area contributed by atoms with Gasteiger partial charge in [0.25, 0.3) is 5.91 Å². The number of amides is 1. The Morgan fingerprint density at radius 2 is 1.70 bits per heavy atom. The Morgan fingerprint density at radius 1 is 1.00 bits per heavy atom. The first kappa shape index (κ1) is 19.6. The third-order valence-corrected chi connectivity index (χ3v) is 6.83. The fourth-order valence-corrected chi connectivity index (χ4v) is 4.86. The van der Waals surface area contributed by atoms with Gasteiger partial charge in [-0.15, -0.1) is 0 Å². The molecule has 5 nitrogen and oxygen atoms in total. The molecule has 0 atom stereocenters. The predicted molar refractivity (Wildman–Crippen MR) is 106 cm³/mol. The number of hydrogen-bond donors (Lipinski definition) is 0. The van der Waals surface area contributed by atoms with Crippen molar-refractivity contribution in [1.82, 2.24) is 9.21 Å². The quantitative estimate of drug-likeness (QED) is 0.763. The van der Waals surface area contributed by atoms with Crippen molar-refractivity contribution < 1.29 is 13.2 Å². The summed E-state index contributed by atoms with van der Waals surface area (Å²) >= 11 is 0. The molecule has 144 valence electrons. The number of likely N-dealkylation sites (tertiary alicyclic amines) is 1. The molecular weight excluding hydrogens is 360 g/mol. The summed E-state index contributed by atoms with van der Waals surface area (Å²) in [5, 5.41) is 0. The molecule has 1 aliphatic heterocycles. The van der Waals surface area contributed by atoms with Crippen LogP contribution in [0.5, 0.6) is 0 Å². The van der Waals surface area contributed by atoms with Gasteiger partial charge in [0, 0.05) is 31.7 Å². The largest absolute Gasteiger partial charge is 0.339 e. The Balaban J connectivity index is 1.84. The molecule has 1 saturated heterocycles. The van der Waals surface area contributed by atoms with Crippen LogP contribution in [0.15, 0.2) is 59.5 Å². The second-order valence-electron chi connectivity index (χ2n) is 6.80. The van der Waals surface area contributed by atoms with Gasteiger partial charge >= 0.3 is 0 Å². The standard InChI is InChI=1S/C21H26N2O3S/c1-2-23(17-18-10-5-3-6-11-18)27(25,26)20-13-9-12-19(16-20)21(24)22-14-7-4-8-15-22/h3,5-6,9-13,16H,2,4,7-8,14-15,17H2,1H3. The molecule has 0 bridgehead atoms. The van der Waals surface area contributed by atoms with Gasteiger partial charge in [-0.2, -0.15) is 4.31 Å². The molecule has 6 heteroatoms.